The lowest BCUT2D eigenvalue weighted by Crippen LogP contribution is -2.27. The van der Waals surface area contributed by atoms with Crippen LogP contribution in [0, 0.1) is 0 Å². The maximum atomic E-state index is 4.55. The summed E-state index contributed by atoms with van der Waals surface area (Å²) >= 11 is 2.00. The predicted octanol–water partition coefficient (Wildman–Crippen LogP) is 2.82. The molecule has 4 nitrogen and oxygen atoms in total. The lowest BCUT2D eigenvalue weighted by molar-refractivity contribution is 0.472. The number of nitrogens with one attached hydrogen (secondary N) is 1. The van der Waals surface area contributed by atoms with Gasteiger partial charge in [-0.05, 0) is 38.0 Å². The summed E-state index contributed by atoms with van der Waals surface area (Å²) in [6, 6.07) is 4.50. The van der Waals surface area contributed by atoms with Gasteiger partial charge in [-0.1, -0.05) is 0 Å². The van der Waals surface area contributed by atoms with Gasteiger partial charge in [0, 0.05) is 23.6 Å². The van der Waals surface area contributed by atoms with E-state index in [4.69, 9.17) is 0 Å². The van der Waals surface area contributed by atoms with Crippen LogP contribution in [0.25, 0.3) is 5.65 Å². The van der Waals surface area contributed by atoms with Gasteiger partial charge in [0.05, 0.1) is 6.20 Å². The zero-order valence-corrected chi connectivity index (χ0v) is 11.4. The normalized spacial score (nSPS) is 24.3. The van der Waals surface area contributed by atoms with Crippen LogP contribution in [0.5, 0.6) is 0 Å². The van der Waals surface area contributed by atoms with Crippen LogP contribution in [0.2, 0.25) is 0 Å². The summed E-state index contributed by atoms with van der Waals surface area (Å²) in [6.07, 6.45) is 11.1. The van der Waals surface area contributed by atoms with E-state index < -0.39 is 0 Å². The molecule has 96 valence electrons. The van der Waals surface area contributed by atoms with E-state index in [-0.39, 0.29) is 0 Å². The molecule has 1 N–H and O–H groups in total. The minimum absolute atomic E-state index is 0.575. The second-order valence-electron chi connectivity index (χ2n) is 4.80. The highest BCUT2D eigenvalue weighted by atomic mass is 32.2. The first-order chi connectivity index (χ1) is 8.85. The van der Waals surface area contributed by atoms with Crippen molar-refractivity contribution in [3.8, 4) is 0 Å². The third-order valence-corrected chi connectivity index (χ3v) is 4.76. The van der Waals surface area contributed by atoms with Crippen molar-refractivity contribution in [2.24, 2.45) is 0 Å². The summed E-state index contributed by atoms with van der Waals surface area (Å²) in [5.74, 6) is 0.968. The van der Waals surface area contributed by atoms with Gasteiger partial charge in [0.15, 0.2) is 5.65 Å². The molecule has 0 bridgehead atoms. The minimum atomic E-state index is 0.575. The number of anilines is 1. The summed E-state index contributed by atoms with van der Waals surface area (Å²) in [5.41, 5.74) is 0.901. The molecule has 2 heterocycles. The van der Waals surface area contributed by atoms with Crippen LogP contribution in [0.4, 0.5) is 5.82 Å². The lowest BCUT2D eigenvalue weighted by atomic mass is 9.95. The number of hydrogen-bond donors (Lipinski definition) is 1. The van der Waals surface area contributed by atoms with E-state index in [2.05, 4.69) is 21.7 Å². The molecule has 0 amide bonds. The van der Waals surface area contributed by atoms with Crippen molar-refractivity contribution in [3.05, 3.63) is 24.5 Å². The fourth-order valence-electron chi connectivity index (χ4n) is 2.54. The molecular weight excluding hydrogens is 244 g/mol. The molecule has 3 rings (SSSR count). The van der Waals surface area contributed by atoms with Crippen LogP contribution in [0.1, 0.15) is 25.7 Å². The van der Waals surface area contributed by atoms with E-state index in [1.165, 1.54) is 25.7 Å². The first-order valence-corrected chi connectivity index (χ1v) is 7.73. The molecule has 2 aromatic heterocycles. The molecular formula is C13H18N4S. The van der Waals surface area contributed by atoms with Crippen molar-refractivity contribution in [2.45, 2.75) is 37.0 Å². The molecule has 1 aliphatic carbocycles. The summed E-state index contributed by atoms with van der Waals surface area (Å²) in [5, 5.41) is 8.55. The van der Waals surface area contributed by atoms with Crippen molar-refractivity contribution in [1.29, 1.82) is 0 Å². The van der Waals surface area contributed by atoms with Crippen LogP contribution < -0.4 is 5.32 Å². The van der Waals surface area contributed by atoms with Crippen molar-refractivity contribution >= 4 is 23.2 Å². The quantitative estimate of drug-likeness (QED) is 0.923. The Bertz CT molecular complexity index is 516. The molecule has 0 saturated heterocycles. The van der Waals surface area contributed by atoms with Crippen LogP contribution >= 0.6 is 11.8 Å². The van der Waals surface area contributed by atoms with Crippen LogP contribution in [-0.4, -0.2) is 32.1 Å². The van der Waals surface area contributed by atoms with Crippen LogP contribution in [0.3, 0.4) is 0 Å². The molecule has 0 aliphatic heterocycles. The molecule has 0 spiro atoms. The van der Waals surface area contributed by atoms with Crippen LogP contribution in [-0.2, 0) is 0 Å². The third kappa shape index (κ3) is 2.46. The van der Waals surface area contributed by atoms with Gasteiger partial charge in [0.25, 0.3) is 0 Å². The summed E-state index contributed by atoms with van der Waals surface area (Å²) in [6.45, 7) is 0. The Morgan fingerprint density at radius 1 is 1.28 bits per heavy atom. The average molecular weight is 262 g/mol. The van der Waals surface area contributed by atoms with Gasteiger partial charge in [-0.25, -0.2) is 9.50 Å². The molecule has 0 atom stereocenters. The Morgan fingerprint density at radius 2 is 2.11 bits per heavy atom. The van der Waals surface area contributed by atoms with Gasteiger partial charge in [0.1, 0.15) is 5.82 Å². The molecule has 0 aromatic carbocycles. The fraction of sp³-hybridized carbons (Fsp3) is 0.538. The Labute approximate surface area is 111 Å². The largest absolute Gasteiger partial charge is 0.367 e. The highest BCUT2D eigenvalue weighted by molar-refractivity contribution is 7.99. The molecule has 1 saturated carbocycles. The van der Waals surface area contributed by atoms with Crippen LogP contribution in [0.15, 0.2) is 24.5 Å². The standard InChI is InChI=1S/C13H18N4S/c1-18-11-4-2-10(3-5-11)15-12-7-9-17-13(16-12)6-8-14-17/h6-11H,2-5H2,1H3,(H,15,16). The van der Waals surface area contributed by atoms with Gasteiger partial charge in [-0.3, -0.25) is 0 Å². The predicted molar refractivity (Wildman–Crippen MR) is 76.2 cm³/mol. The molecule has 2 aromatic rings. The van der Waals surface area contributed by atoms with Gasteiger partial charge >= 0.3 is 0 Å². The van der Waals surface area contributed by atoms with Crippen molar-refractivity contribution in [1.82, 2.24) is 14.6 Å². The second-order valence-corrected chi connectivity index (χ2v) is 5.94. The number of aromatic nitrogens is 3. The van der Waals surface area contributed by atoms with E-state index in [1.54, 1.807) is 10.7 Å². The maximum absolute atomic E-state index is 4.55. The van der Waals surface area contributed by atoms with Crippen molar-refractivity contribution < 1.29 is 0 Å². The smallest absolute Gasteiger partial charge is 0.157 e. The SMILES string of the molecule is CSC1CCC(Nc2ccn3nccc3n2)CC1. The first-order valence-electron chi connectivity index (χ1n) is 6.45. The Balaban J connectivity index is 1.65. The summed E-state index contributed by atoms with van der Waals surface area (Å²) in [7, 11) is 0. The Hall–Kier alpha value is -1.23. The molecule has 1 fully saturated rings. The minimum Gasteiger partial charge on any atom is -0.367 e. The van der Waals surface area contributed by atoms with E-state index in [1.807, 2.05) is 30.1 Å². The number of fused-ring (bicyclic) bond motifs is 1. The van der Waals surface area contributed by atoms with Gasteiger partial charge in [-0.15, -0.1) is 0 Å². The first kappa shape index (κ1) is 11.8. The van der Waals surface area contributed by atoms with E-state index in [9.17, 15) is 0 Å². The zero-order chi connectivity index (χ0) is 12.4. The van der Waals surface area contributed by atoms with E-state index in [0.717, 1.165) is 16.7 Å². The Morgan fingerprint density at radius 3 is 2.89 bits per heavy atom. The maximum Gasteiger partial charge on any atom is 0.157 e. The number of nitrogens with zero attached hydrogens (tertiary/aromatic N) is 3. The molecule has 5 heteroatoms. The van der Waals surface area contributed by atoms with E-state index >= 15 is 0 Å². The van der Waals surface area contributed by atoms with Gasteiger partial charge < -0.3 is 5.32 Å². The van der Waals surface area contributed by atoms with E-state index in [0.29, 0.717) is 6.04 Å². The Kier molecular flexibility index (Phi) is 3.41. The average Bonchev–Trinajstić information content (AvgIpc) is 2.87. The molecule has 0 unspecified atom stereocenters. The van der Waals surface area contributed by atoms with Crippen molar-refractivity contribution in [2.75, 3.05) is 11.6 Å². The highest BCUT2D eigenvalue weighted by Gasteiger charge is 2.20. The highest BCUT2D eigenvalue weighted by Crippen LogP contribution is 2.28. The molecule has 1 aliphatic rings. The van der Waals surface area contributed by atoms with Gasteiger partial charge in [-0.2, -0.15) is 16.9 Å². The zero-order valence-electron chi connectivity index (χ0n) is 10.5. The number of rotatable bonds is 3. The van der Waals surface area contributed by atoms with Gasteiger partial charge in [0.2, 0.25) is 0 Å². The summed E-state index contributed by atoms with van der Waals surface area (Å²) in [4.78, 5) is 4.55. The fourth-order valence-corrected chi connectivity index (χ4v) is 3.29. The second kappa shape index (κ2) is 5.18. The topological polar surface area (TPSA) is 42.2 Å². The third-order valence-electron chi connectivity index (χ3n) is 3.62. The molecule has 18 heavy (non-hydrogen) atoms. The number of thioether (sulfide) groups is 1. The summed E-state index contributed by atoms with van der Waals surface area (Å²) < 4.78 is 1.79. The lowest BCUT2D eigenvalue weighted by Gasteiger charge is -2.28. The molecule has 0 radical (unpaired) electrons. The number of hydrogen-bond acceptors (Lipinski definition) is 4. The monoisotopic (exact) mass is 262 g/mol. The van der Waals surface area contributed by atoms with Crippen molar-refractivity contribution in [3.63, 3.8) is 0 Å².